The van der Waals surface area contributed by atoms with Gasteiger partial charge >= 0.3 is 0 Å². The lowest BCUT2D eigenvalue weighted by atomic mass is 10.1. The first-order valence-electron chi connectivity index (χ1n) is 10.1. The van der Waals surface area contributed by atoms with Gasteiger partial charge in [-0.15, -0.1) is 0 Å². The molecule has 0 atom stereocenters. The molecule has 1 fully saturated rings. The number of amides is 1. The van der Waals surface area contributed by atoms with E-state index in [1.165, 1.54) is 29.6 Å². The van der Waals surface area contributed by atoms with Crippen molar-refractivity contribution in [3.05, 3.63) is 53.1 Å². The Bertz CT molecular complexity index is 1010. The molecule has 0 bridgehead atoms. The number of hydrogen-bond acceptors (Lipinski definition) is 6. The largest absolute Gasteiger partial charge is 0.496 e. The van der Waals surface area contributed by atoms with E-state index in [9.17, 15) is 13.2 Å². The molecule has 2 aromatic carbocycles. The minimum absolute atomic E-state index is 0.0480. The van der Waals surface area contributed by atoms with Crippen molar-refractivity contribution < 1.29 is 27.4 Å². The number of ether oxygens (including phenoxy) is 3. The Morgan fingerprint density at radius 2 is 1.77 bits per heavy atom. The van der Waals surface area contributed by atoms with Crippen LogP contribution in [0.5, 0.6) is 11.5 Å². The SMILES string of the molecule is COc1ccc(S(=O)(=O)N2CCOCC2)cc1C(=O)NCCOc1cc(C)cc(C)c1. The first kappa shape index (κ1) is 23.1. The normalized spacial score (nSPS) is 14.8. The summed E-state index contributed by atoms with van der Waals surface area (Å²) in [5.74, 6) is 0.608. The Morgan fingerprint density at radius 1 is 1.10 bits per heavy atom. The van der Waals surface area contributed by atoms with E-state index in [2.05, 4.69) is 11.4 Å². The number of methoxy groups -OCH3 is 1. The van der Waals surface area contributed by atoms with Gasteiger partial charge in [-0.25, -0.2) is 8.42 Å². The highest BCUT2D eigenvalue weighted by Gasteiger charge is 2.28. The molecule has 168 valence electrons. The highest BCUT2D eigenvalue weighted by Crippen LogP contribution is 2.25. The maximum Gasteiger partial charge on any atom is 0.255 e. The van der Waals surface area contributed by atoms with Gasteiger partial charge in [-0.05, 0) is 55.3 Å². The first-order chi connectivity index (χ1) is 14.8. The zero-order valence-corrected chi connectivity index (χ0v) is 18.8. The summed E-state index contributed by atoms with van der Waals surface area (Å²) in [6.07, 6.45) is 0. The third-order valence-electron chi connectivity index (χ3n) is 4.87. The molecule has 2 aromatic rings. The fourth-order valence-corrected chi connectivity index (χ4v) is 4.84. The van der Waals surface area contributed by atoms with Gasteiger partial charge in [-0.3, -0.25) is 4.79 Å². The highest BCUT2D eigenvalue weighted by atomic mass is 32.2. The van der Waals surface area contributed by atoms with Crippen LogP contribution in [-0.2, 0) is 14.8 Å². The number of benzene rings is 2. The summed E-state index contributed by atoms with van der Waals surface area (Å²) < 4.78 is 43.4. The summed E-state index contributed by atoms with van der Waals surface area (Å²) in [6.45, 7) is 5.79. The fraction of sp³-hybridized carbons (Fsp3) is 0.409. The van der Waals surface area contributed by atoms with Crippen LogP contribution in [-0.4, -0.2) is 65.2 Å². The molecule has 1 aliphatic heterocycles. The van der Waals surface area contributed by atoms with Crippen molar-refractivity contribution in [1.29, 1.82) is 0 Å². The van der Waals surface area contributed by atoms with Crippen molar-refractivity contribution in [2.45, 2.75) is 18.7 Å². The van der Waals surface area contributed by atoms with Crippen LogP contribution in [0.4, 0.5) is 0 Å². The zero-order valence-electron chi connectivity index (χ0n) is 18.0. The number of hydrogen-bond donors (Lipinski definition) is 1. The molecule has 0 spiro atoms. The number of nitrogens with one attached hydrogen (secondary N) is 1. The average Bonchev–Trinajstić information content (AvgIpc) is 2.76. The number of morpholine rings is 1. The monoisotopic (exact) mass is 448 g/mol. The molecule has 1 aliphatic rings. The van der Waals surface area contributed by atoms with Crippen LogP contribution >= 0.6 is 0 Å². The van der Waals surface area contributed by atoms with Gasteiger partial charge in [0.2, 0.25) is 10.0 Å². The first-order valence-corrected chi connectivity index (χ1v) is 11.5. The Labute approximate surface area is 183 Å². The average molecular weight is 449 g/mol. The summed E-state index contributed by atoms with van der Waals surface area (Å²) in [5, 5.41) is 2.76. The standard InChI is InChI=1S/C22H28N2O6S/c1-16-12-17(2)14-18(13-16)30-9-6-23-22(25)20-15-19(4-5-21(20)28-3)31(26,27)24-7-10-29-11-8-24/h4-5,12-15H,6-11H2,1-3H3,(H,23,25). The summed E-state index contributed by atoms with van der Waals surface area (Å²) in [6, 6.07) is 10.2. The highest BCUT2D eigenvalue weighted by molar-refractivity contribution is 7.89. The molecule has 0 radical (unpaired) electrons. The molecule has 0 aliphatic carbocycles. The van der Waals surface area contributed by atoms with E-state index in [1.807, 2.05) is 26.0 Å². The number of nitrogens with zero attached hydrogens (tertiary/aromatic N) is 1. The summed E-state index contributed by atoms with van der Waals surface area (Å²) >= 11 is 0. The topological polar surface area (TPSA) is 94.2 Å². The van der Waals surface area contributed by atoms with Gasteiger partial charge < -0.3 is 19.5 Å². The van der Waals surface area contributed by atoms with Gasteiger partial charge in [-0.1, -0.05) is 6.07 Å². The van der Waals surface area contributed by atoms with E-state index in [4.69, 9.17) is 14.2 Å². The lowest BCUT2D eigenvalue weighted by Gasteiger charge is -2.26. The second-order valence-corrected chi connectivity index (χ2v) is 9.24. The van der Waals surface area contributed by atoms with Crippen molar-refractivity contribution in [2.24, 2.45) is 0 Å². The van der Waals surface area contributed by atoms with E-state index in [0.717, 1.165) is 16.9 Å². The van der Waals surface area contributed by atoms with Crippen LogP contribution < -0.4 is 14.8 Å². The van der Waals surface area contributed by atoms with E-state index < -0.39 is 15.9 Å². The van der Waals surface area contributed by atoms with E-state index >= 15 is 0 Å². The number of carbonyl (C=O) groups excluding carboxylic acids is 1. The van der Waals surface area contributed by atoms with Gasteiger partial charge in [0.15, 0.2) is 0 Å². The molecule has 1 N–H and O–H groups in total. The molecule has 0 aromatic heterocycles. The maximum atomic E-state index is 12.9. The Kier molecular flexibility index (Phi) is 7.53. The maximum absolute atomic E-state index is 12.9. The third kappa shape index (κ3) is 5.75. The van der Waals surface area contributed by atoms with Crippen molar-refractivity contribution in [3.8, 4) is 11.5 Å². The van der Waals surface area contributed by atoms with Gasteiger partial charge in [0.1, 0.15) is 18.1 Å². The summed E-state index contributed by atoms with van der Waals surface area (Å²) in [7, 11) is -2.28. The van der Waals surface area contributed by atoms with Crippen LogP contribution in [0.3, 0.4) is 0 Å². The van der Waals surface area contributed by atoms with Gasteiger partial charge in [0.05, 0.1) is 37.3 Å². The van der Waals surface area contributed by atoms with Crippen molar-refractivity contribution in [1.82, 2.24) is 9.62 Å². The molecule has 1 heterocycles. The number of sulfonamides is 1. The van der Waals surface area contributed by atoms with E-state index in [0.29, 0.717) is 19.0 Å². The fourth-order valence-electron chi connectivity index (χ4n) is 3.41. The molecule has 8 nitrogen and oxygen atoms in total. The molecule has 0 unspecified atom stereocenters. The Morgan fingerprint density at radius 3 is 2.42 bits per heavy atom. The van der Waals surface area contributed by atoms with Gasteiger partial charge in [0.25, 0.3) is 5.91 Å². The number of rotatable bonds is 8. The van der Waals surface area contributed by atoms with Crippen molar-refractivity contribution in [3.63, 3.8) is 0 Å². The Balaban J connectivity index is 1.67. The van der Waals surface area contributed by atoms with Crippen LogP contribution in [0.1, 0.15) is 21.5 Å². The molecule has 1 saturated heterocycles. The summed E-state index contributed by atoms with van der Waals surface area (Å²) in [4.78, 5) is 12.8. The predicted octanol–water partition coefficient (Wildman–Crippen LogP) is 2.14. The van der Waals surface area contributed by atoms with Crippen LogP contribution in [0.2, 0.25) is 0 Å². The second kappa shape index (κ2) is 10.1. The number of aryl methyl sites for hydroxylation is 2. The molecular formula is C22H28N2O6S. The van der Waals surface area contributed by atoms with Gasteiger partial charge in [0, 0.05) is 13.1 Å². The quantitative estimate of drug-likeness (QED) is 0.622. The lowest BCUT2D eigenvalue weighted by Crippen LogP contribution is -2.40. The van der Waals surface area contributed by atoms with Crippen LogP contribution in [0, 0.1) is 13.8 Å². The number of carbonyl (C=O) groups is 1. The molecule has 0 saturated carbocycles. The Hall–Kier alpha value is -2.62. The second-order valence-electron chi connectivity index (χ2n) is 7.31. The zero-order chi connectivity index (χ0) is 22.4. The van der Waals surface area contributed by atoms with Gasteiger partial charge in [-0.2, -0.15) is 4.31 Å². The molecule has 9 heteroatoms. The lowest BCUT2D eigenvalue weighted by molar-refractivity contribution is 0.0730. The predicted molar refractivity (Wildman–Crippen MR) is 116 cm³/mol. The molecular weight excluding hydrogens is 420 g/mol. The van der Waals surface area contributed by atoms with Crippen molar-refractivity contribution in [2.75, 3.05) is 46.6 Å². The summed E-state index contributed by atoms with van der Waals surface area (Å²) in [5.41, 5.74) is 2.35. The minimum atomic E-state index is -3.72. The molecule has 3 rings (SSSR count). The van der Waals surface area contributed by atoms with Crippen LogP contribution in [0.15, 0.2) is 41.3 Å². The van der Waals surface area contributed by atoms with E-state index in [1.54, 1.807) is 0 Å². The van der Waals surface area contributed by atoms with Crippen molar-refractivity contribution >= 4 is 15.9 Å². The smallest absolute Gasteiger partial charge is 0.255 e. The third-order valence-corrected chi connectivity index (χ3v) is 6.77. The minimum Gasteiger partial charge on any atom is -0.496 e. The molecule has 1 amide bonds. The van der Waals surface area contributed by atoms with Crippen LogP contribution in [0.25, 0.3) is 0 Å². The van der Waals surface area contributed by atoms with E-state index in [-0.39, 0.29) is 36.7 Å². The molecule has 31 heavy (non-hydrogen) atoms.